The molecule has 2 aromatic rings. The molecular formula is C22H27N3O4. The molecule has 0 N–H and O–H groups in total. The molecule has 0 unspecified atom stereocenters. The van der Waals surface area contributed by atoms with Gasteiger partial charge in [-0.05, 0) is 41.8 Å². The highest BCUT2D eigenvalue weighted by Gasteiger charge is 2.23. The SMILES string of the molecule is COc1cc2c(cc1OC)CN(C(=O)CCN(Cc1ccccn1)C(C)=O)CC2. The predicted molar refractivity (Wildman–Crippen MR) is 109 cm³/mol. The predicted octanol–water partition coefficient (Wildman–Crippen LogP) is 2.42. The molecule has 154 valence electrons. The van der Waals surface area contributed by atoms with Crippen LogP contribution < -0.4 is 9.47 Å². The zero-order chi connectivity index (χ0) is 20.8. The molecule has 0 spiro atoms. The fraction of sp³-hybridized carbons (Fsp3) is 0.409. The summed E-state index contributed by atoms with van der Waals surface area (Å²) in [6, 6.07) is 9.53. The normalized spacial score (nSPS) is 12.9. The number of hydrogen-bond donors (Lipinski definition) is 0. The van der Waals surface area contributed by atoms with Crippen molar-refractivity contribution in [2.75, 3.05) is 27.3 Å². The van der Waals surface area contributed by atoms with Crippen LogP contribution in [-0.2, 0) is 29.1 Å². The van der Waals surface area contributed by atoms with Gasteiger partial charge >= 0.3 is 0 Å². The number of nitrogens with zero attached hydrogens (tertiary/aromatic N) is 3. The van der Waals surface area contributed by atoms with E-state index < -0.39 is 0 Å². The summed E-state index contributed by atoms with van der Waals surface area (Å²) >= 11 is 0. The zero-order valence-electron chi connectivity index (χ0n) is 17.2. The summed E-state index contributed by atoms with van der Waals surface area (Å²) in [6.45, 7) is 3.49. The Hall–Kier alpha value is -3.09. The first kappa shape index (κ1) is 20.6. The monoisotopic (exact) mass is 397 g/mol. The topological polar surface area (TPSA) is 72.0 Å². The van der Waals surface area contributed by atoms with Gasteiger partial charge in [0.25, 0.3) is 0 Å². The summed E-state index contributed by atoms with van der Waals surface area (Å²) < 4.78 is 10.7. The van der Waals surface area contributed by atoms with Crippen LogP contribution in [0, 0.1) is 0 Å². The first-order valence-corrected chi connectivity index (χ1v) is 9.68. The molecule has 3 rings (SSSR count). The largest absolute Gasteiger partial charge is 0.493 e. The van der Waals surface area contributed by atoms with Crippen molar-refractivity contribution in [3.8, 4) is 11.5 Å². The van der Waals surface area contributed by atoms with E-state index in [4.69, 9.17) is 9.47 Å². The Morgan fingerprint density at radius 2 is 1.86 bits per heavy atom. The van der Waals surface area contributed by atoms with Crippen molar-refractivity contribution in [1.82, 2.24) is 14.8 Å². The van der Waals surface area contributed by atoms with Gasteiger partial charge in [-0.2, -0.15) is 0 Å². The summed E-state index contributed by atoms with van der Waals surface area (Å²) in [5.74, 6) is 1.35. The van der Waals surface area contributed by atoms with Gasteiger partial charge in [-0.1, -0.05) is 6.07 Å². The van der Waals surface area contributed by atoms with E-state index in [-0.39, 0.29) is 18.2 Å². The Kier molecular flexibility index (Phi) is 6.69. The highest BCUT2D eigenvalue weighted by molar-refractivity contribution is 5.78. The molecule has 0 saturated carbocycles. The van der Waals surface area contributed by atoms with Gasteiger partial charge < -0.3 is 19.3 Å². The van der Waals surface area contributed by atoms with E-state index in [1.54, 1.807) is 25.3 Å². The van der Waals surface area contributed by atoms with Crippen LogP contribution in [0.15, 0.2) is 36.5 Å². The number of rotatable bonds is 7. The van der Waals surface area contributed by atoms with E-state index in [2.05, 4.69) is 4.98 Å². The van der Waals surface area contributed by atoms with Gasteiger partial charge in [0.05, 0.1) is 26.5 Å². The quantitative estimate of drug-likeness (QED) is 0.718. The van der Waals surface area contributed by atoms with Gasteiger partial charge in [0.2, 0.25) is 11.8 Å². The summed E-state index contributed by atoms with van der Waals surface area (Å²) in [6.07, 6.45) is 2.76. The maximum absolute atomic E-state index is 12.8. The number of hydrogen-bond acceptors (Lipinski definition) is 5. The molecule has 2 heterocycles. The molecule has 7 nitrogen and oxygen atoms in total. The number of methoxy groups -OCH3 is 2. The molecule has 29 heavy (non-hydrogen) atoms. The lowest BCUT2D eigenvalue weighted by Gasteiger charge is -2.30. The van der Waals surface area contributed by atoms with Crippen molar-refractivity contribution in [3.63, 3.8) is 0 Å². The van der Waals surface area contributed by atoms with Crippen LogP contribution in [0.1, 0.15) is 30.2 Å². The van der Waals surface area contributed by atoms with Crippen molar-refractivity contribution in [2.45, 2.75) is 32.9 Å². The van der Waals surface area contributed by atoms with Gasteiger partial charge in [0, 0.05) is 39.2 Å². The third kappa shape index (κ3) is 5.04. The average Bonchev–Trinajstić information content (AvgIpc) is 2.75. The molecule has 1 aromatic carbocycles. The molecular weight excluding hydrogens is 370 g/mol. The van der Waals surface area contributed by atoms with Gasteiger partial charge in [0.1, 0.15) is 0 Å². The number of carbonyl (C=O) groups excluding carboxylic acids is 2. The Balaban J connectivity index is 1.61. The molecule has 0 bridgehead atoms. The molecule has 2 amide bonds. The van der Waals surface area contributed by atoms with Crippen LogP contribution in [0.2, 0.25) is 0 Å². The Morgan fingerprint density at radius 3 is 2.48 bits per heavy atom. The molecule has 0 atom stereocenters. The van der Waals surface area contributed by atoms with E-state index >= 15 is 0 Å². The maximum atomic E-state index is 12.8. The second-order valence-corrected chi connectivity index (χ2v) is 7.05. The smallest absolute Gasteiger partial charge is 0.224 e. The molecule has 0 fully saturated rings. The number of aromatic nitrogens is 1. The van der Waals surface area contributed by atoms with Gasteiger partial charge in [-0.15, -0.1) is 0 Å². The Labute approximate surface area is 171 Å². The van der Waals surface area contributed by atoms with Crippen LogP contribution in [-0.4, -0.2) is 53.9 Å². The fourth-order valence-corrected chi connectivity index (χ4v) is 3.52. The van der Waals surface area contributed by atoms with Crippen LogP contribution >= 0.6 is 0 Å². The number of pyridine rings is 1. The van der Waals surface area contributed by atoms with E-state index in [9.17, 15) is 9.59 Å². The van der Waals surface area contributed by atoms with Crippen molar-refractivity contribution in [2.24, 2.45) is 0 Å². The second kappa shape index (κ2) is 9.41. The van der Waals surface area contributed by atoms with Crippen molar-refractivity contribution in [1.29, 1.82) is 0 Å². The Bertz CT molecular complexity index is 870. The van der Waals surface area contributed by atoms with Crippen molar-refractivity contribution >= 4 is 11.8 Å². The number of amides is 2. The number of carbonyl (C=O) groups is 2. The molecule has 7 heteroatoms. The zero-order valence-corrected chi connectivity index (χ0v) is 17.2. The van der Waals surface area contributed by atoms with Crippen LogP contribution in [0.25, 0.3) is 0 Å². The standard InChI is InChI=1S/C22H27N3O4/c1-16(26)24(15-19-6-4-5-9-23-19)11-8-22(27)25-10-7-17-12-20(28-2)21(29-3)13-18(17)14-25/h4-6,9,12-13H,7-8,10-11,14-15H2,1-3H3. The summed E-state index contributed by atoms with van der Waals surface area (Å²) in [4.78, 5) is 32.5. The first-order chi connectivity index (χ1) is 14.0. The molecule has 0 saturated heterocycles. The lowest BCUT2D eigenvalue weighted by atomic mass is 9.98. The van der Waals surface area contributed by atoms with Crippen LogP contribution in [0.4, 0.5) is 0 Å². The fourth-order valence-electron chi connectivity index (χ4n) is 3.52. The van der Waals surface area contributed by atoms with Crippen molar-refractivity contribution in [3.05, 3.63) is 53.3 Å². The molecule has 0 aliphatic carbocycles. The highest BCUT2D eigenvalue weighted by atomic mass is 16.5. The molecule has 1 aliphatic rings. The maximum Gasteiger partial charge on any atom is 0.224 e. The van der Waals surface area contributed by atoms with E-state index in [1.807, 2.05) is 35.2 Å². The van der Waals surface area contributed by atoms with Gasteiger partial charge in [0.15, 0.2) is 11.5 Å². The lowest BCUT2D eigenvalue weighted by Crippen LogP contribution is -2.39. The van der Waals surface area contributed by atoms with E-state index in [1.165, 1.54) is 12.5 Å². The number of fused-ring (bicyclic) bond motifs is 1. The second-order valence-electron chi connectivity index (χ2n) is 7.05. The van der Waals surface area contributed by atoms with Crippen molar-refractivity contribution < 1.29 is 19.1 Å². The molecule has 0 radical (unpaired) electrons. The Morgan fingerprint density at radius 1 is 1.14 bits per heavy atom. The lowest BCUT2D eigenvalue weighted by molar-refractivity contribution is -0.134. The minimum atomic E-state index is -0.0655. The third-order valence-electron chi connectivity index (χ3n) is 5.19. The summed E-state index contributed by atoms with van der Waals surface area (Å²) in [5, 5.41) is 0. The van der Waals surface area contributed by atoms with E-state index in [0.29, 0.717) is 37.7 Å². The van der Waals surface area contributed by atoms with Gasteiger partial charge in [-0.25, -0.2) is 0 Å². The van der Waals surface area contributed by atoms with Crippen LogP contribution in [0.3, 0.4) is 0 Å². The first-order valence-electron chi connectivity index (χ1n) is 9.68. The van der Waals surface area contributed by atoms with Crippen LogP contribution in [0.5, 0.6) is 11.5 Å². The molecule has 1 aliphatic heterocycles. The van der Waals surface area contributed by atoms with E-state index in [0.717, 1.165) is 17.7 Å². The average molecular weight is 397 g/mol. The minimum Gasteiger partial charge on any atom is -0.493 e. The number of benzene rings is 1. The minimum absolute atomic E-state index is 0.0395. The highest BCUT2D eigenvalue weighted by Crippen LogP contribution is 2.33. The summed E-state index contributed by atoms with van der Waals surface area (Å²) in [7, 11) is 3.22. The number of ether oxygens (including phenoxy) is 2. The van der Waals surface area contributed by atoms with Gasteiger partial charge in [-0.3, -0.25) is 14.6 Å². The molecule has 1 aromatic heterocycles. The summed E-state index contributed by atoms with van der Waals surface area (Å²) in [5.41, 5.74) is 3.05. The third-order valence-corrected chi connectivity index (χ3v) is 5.19.